The normalized spacial score (nSPS) is 19.6. The average molecular weight is 271 g/mol. The van der Waals surface area contributed by atoms with Crippen LogP contribution in [0.5, 0.6) is 0 Å². The van der Waals surface area contributed by atoms with Gasteiger partial charge in [0.05, 0.1) is 0 Å². The molecule has 0 aromatic carbocycles. The van der Waals surface area contributed by atoms with Crippen molar-refractivity contribution >= 4 is 5.91 Å². The highest BCUT2D eigenvalue weighted by Crippen LogP contribution is 2.20. The topological polar surface area (TPSA) is 67.6 Å². The summed E-state index contributed by atoms with van der Waals surface area (Å²) < 4.78 is 5.20. The molecule has 1 aliphatic rings. The molecule has 1 aliphatic heterocycles. The Hall–Kier alpha value is -0.650. The van der Waals surface area contributed by atoms with E-state index >= 15 is 0 Å². The molecule has 1 rings (SSSR count). The molecule has 19 heavy (non-hydrogen) atoms. The van der Waals surface area contributed by atoms with Gasteiger partial charge in [-0.15, -0.1) is 0 Å². The Morgan fingerprint density at radius 1 is 1.42 bits per heavy atom. The number of hydrogen-bond donors (Lipinski definition) is 2. The van der Waals surface area contributed by atoms with Crippen molar-refractivity contribution in [2.24, 2.45) is 11.7 Å². The van der Waals surface area contributed by atoms with Crippen LogP contribution in [0.2, 0.25) is 0 Å². The van der Waals surface area contributed by atoms with Crippen molar-refractivity contribution in [3.8, 4) is 0 Å². The Balaban J connectivity index is 2.37. The van der Waals surface area contributed by atoms with Gasteiger partial charge in [-0.2, -0.15) is 0 Å². The van der Waals surface area contributed by atoms with E-state index in [1.807, 2.05) is 13.8 Å². The summed E-state index contributed by atoms with van der Waals surface area (Å²) in [5.41, 5.74) is 5.83. The lowest BCUT2D eigenvalue weighted by Gasteiger charge is -2.36. The molecule has 1 fully saturated rings. The van der Waals surface area contributed by atoms with Gasteiger partial charge in [-0.25, -0.2) is 0 Å². The van der Waals surface area contributed by atoms with Crippen molar-refractivity contribution in [3.05, 3.63) is 0 Å². The molecule has 1 unspecified atom stereocenters. The van der Waals surface area contributed by atoms with Gasteiger partial charge < -0.3 is 15.8 Å². The maximum absolute atomic E-state index is 11.8. The number of carbonyl (C=O) groups excluding carboxylic acids is 1. The average Bonchev–Trinajstić information content (AvgIpc) is 2.36. The van der Waals surface area contributed by atoms with Crippen LogP contribution in [0.1, 0.15) is 33.1 Å². The fraction of sp³-hybridized carbons (Fsp3) is 0.929. The molecule has 5 heteroatoms. The van der Waals surface area contributed by atoms with Gasteiger partial charge in [0.2, 0.25) is 5.91 Å². The van der Waals surface area contributed by atoms with E-state index in [9.17, 15) is 4.79 Å². The molecule has 1 heterocycles. The number of hydrogen-bond acceptors (Lipinski definition) is 4. The highest BCUT2D eigenvalue weighted by Gasteiger charge is 2.25. The number of nitrogens with two attached hydrogens (primary N) is 1. The van der Waals surface area contributed by atoms with Gasteiger partial charge in [0.15, 0.2) is 0 Å². The summed E-state index contributed by atoms with van der Waals surface area (Å²) in [6.45, 7) is 7.38. The fourth-order valence-corrected chi connectivity index (χ4v) is 2.68. The SMILES string of the molecule is COCC1CCN(C(CN)CC(=O)NC(C)C)CC1. The largest absolute Gasteiger partial charge is 0.384 e. The molecular weight excluding hydrogens is 242 g/mol. The molecule has 0 aliphatic carbocycles. The van der Waals surface area contributed by atoms with Gasteiger partial charge in [-0.3, -0.25) is 9.69 Å². The van der Waals surface area contributed by atoms with Crippen molar-refractivity contribution in [1.29, 1.82) is 0 Å². The first kappa shape index (κ1) is 16.4. The van der Waals surface area contributed by atoms with Crippen molar-refractivity contribution in [2.45, 2.75) is 45.2 Å². The van der Waals surface area contributed by atoms with E-state index in [0.717, 1.165) is 32.5 Å². The smallest absolute Gasteiger partial charge is 0.221 e. The molecule has 0 radical (unpaired) electrons. The zero-order valence-corrected chi connectivity index (χ0v) is 12.5. The number of methoxy groups -OCH3 is 1. The number of piperidine rings is 1. The van der Waals surface area contributed by atoms with E-state index in [2.05, 4.69) is 10.2 Å². The van der Waals surface area contributed by atoms with Gasteiger partial charge in [0.25, 0.3) is 0 Å². The van der Waals surface area contributed by atoms with Crippen LogP contribution in [-0.2, 0) is 9.53 Å². The number of ether oxygens (including phenoxy) is 1. The zero-order valence-electron chi connectivity index (χ0n) is 12.5. The Morgan fingerprint density at radius 2 is 2.05 bits per heavy atom. The summed E-state index contributed by atoms with van der Waals surface area (Å²) in [5, 5.41) is 2.93. The van der Waals surface area contributed by atoms with E-state index in [4.69, 9.17) is 10.5 Å². The van der Waals surface area contributed by atoms with Crippen LogP contribution in [-0.4, -0.2) is 56.2 Å². The maximum atomic E-state index is 11.8. The summed E-state index contributed by atoms with van der Waals surface area (Å²) in [6.07, 6.45) is 2.77. The Labute approximate surface area is 116 Å². The third-order valence-electron chi connectivity index (χ3n) is 3.71. The second-order valence-electron chi connectivity index (χ2n) is 5.75. The summed E-state index contributed by atoms with van der Waals surface area (Å²) in [5.74, 6) is 0.758. The standard InChI is InChI=1S/C14H29N3O2/c1-11(2)16-14(18)8-13(9-15)17-6-4-12(5-7-17)10-19-3/h11-13H,4-10,15H2,1-3H3,(H,16,18). The third-order valence-corrected chi connectivity index (χ3v) is 3.71. The Bertz CT molecular complexity index is 263. The van der Waals surface area contributed by atoms with Crippen molar-refractivity contribution < 1.29 is 9.53 Å². The lowest BCUT2D eigenvalue weighted by molar-refractivity contribution is -0.122. The Morgan fingerprint density at radius 3 is 2.53 bits per heavy atom. The zero-order chi connectivity index (χ0) is 14.3. The molecule has 0 aromatic heterocycles. The van der Waals surface area contributed by atoms with E-state index in [-0.39, 0.29) is 18.0 Å². The predicted molar refractivity (Wildman–Crippen MR) is 76.9 cm³/mol. The molecule has 1 amide bonds. The van der Waals surface area contributed by atoms with Crippen LogP contribution >= 0.6 is 0 Å². The number of amides is 1. The summed E-state index contributed by atoms with van der Waals surface area (Å²) in [4.78, 5) is 14.2. The van der Waals surface area contributed by atoms with Crippen LogP contribution in [0.4, 0.5) is 0 Å². The number of carbonyl (C=O) groups is 1. The van der Waals surface area contributed by atoms with Crippen LogP contribution in [0.15, 0.2) is 0 Å². The minimum absolute atomic E-state index is 0.101. The summed E-state index contributed by atoms with van der Waals surface area (Å²) in [7, 11) is 1.76. The molecule has 0 aromatic rings. The molecule has 112 valence electrons. The van der Waals surface area contributed by atoms with Crippen LogP contribution in [0, 0.1) is 5.92 Å². The first-order chi connectivity index (χ1) is 9.06. The molecule has 1 saturated heterocycles. The van der Waals surface area contributed by atoms with E-state index in [1.165, 1.54) is 0 Å². The second-order valence-corrected chi connectivity index (χ2v) is 5.75. The highest BCUT2D eigenvalue weighted by atomic mass is 16.5. The summed E-state index contributed by atoms with van der Waals surface area (Å²) >= 11 is 0. The van der Waals surface area contributed by atoms with Crippen molar-refractivity contribution in [3.63, 3.8) is 0 Å². The fourth-order valence-electron chi connectivity index (χ4n) is 2.68. The number of rotatable bonds is 7. The molecule has 1 atom stereocenters. The maximum Gasteiger partial charge on any atom is 0.221 e. The number of nitrogens with zero attached hydrogens (tertiary/aromatic N) is 1. The first-order valence-electron chi connectivity index (χ1n) is 7.29. The lowest BCUT2D eigenvalue weighted by Crippen LogP contribution is -2.48. The van der Waals surface area contributed by atoms with Crippen LogP contribution in [0.3, 0.4) is 0 Å². The van der Waals surface area contributed by atoms with Gasteiger partial charge in [-0.05, 0) is 45.7 Å². The Kier molecular flexibility index (Phi) is 7.34. The van der Waals surface area contributed by atoms with Gasteiger partial charge in [0, 0.05) is 38.8 Å². The highest BCUT2D eigenvalue weighted by molar-refractivity contribution is 5.76. The first-order valence-corrected chi connectivity index (χ1v) is 7.29. The molecule has 5 nitrogen and oxygen atoms in total. The minimum atomic E-state index is 0.101. The quantitative estimate of drug-likeness (QED) is 0.711. The van der Waals surface area contributed by atoms with Gasteiger partial charge >= 0.3 is 0 Å². The third kappa shape index (κ3) is 5.89. The summed E-state index contributed by atoms with van der Waals surface area (Å²) in [6, 6.07) is 0.362. The van der Waals surface area contributed by atoms with Gasteiger partial charge in [0.1, 0.15) is 0 Å². The minimum Gasteiger partial charge on any atom is -0.384 e. The predicted octanol–water partition coefficient (Wildman–Crippen LogP) is 0.587. The molecule has 0 spiro atoms. The lowest BCUT2D eigenvalue weighted by atomic mass is 9.96. The van der Waals surface area contributed by atoms with E-state index < -0.39 is 0 Å². The van der Waals surface area contributed by atoms with Crippen molar-refractivity contribution in [1.82, 2.24) is 10.2 Å². The van der Waals surface area contributed by atoms with E-state index in [1.54, 1.807) is 7.11 Å². The molecule has 0 saturated carbocycles. The van der Waals surface area contributed by atoms with Crippen LogP contribution < -0.4 is 11.1 Å². The van der Waals surface area contributed by atoms with Gasteiger partial charge in [-0.1, -0.05) is 0 Å². The second kappa shape index (κ2) is 8.51. The molecular formula is C14H29N3O2. The number of nitrogens with one attached hydrogen (secondary N) is 1. The van der Waals surface area contributed by atoms with Crippen molar-refractivity contribution in [2.75, 3.05) is 33.4 Å². The monoisotopic (exact) mass is 271 g/mol. The molecule has 3 N–H and O–H groups in total. The van der Waals surface area contributed by atoms with Crippen LogP contribution in [0.25, 0.3) is 0 Å². The van der Waals surface area contributed by atoms with E-state index in [0.29, 0.717) is 18.9 Å². The molecule has 0 bridgehead atoms. The number of likely N-dealkylation sites (tertiary alicyclic amines) is 1.